The van der Waals surface area contributed by atoms with E-state index in [4.69, 9.17) is 37.9 Å². The Morgan fingerprint density at radius 2 is 1.03 bits per heavy atom. The van der Waals surface area contributed by atoms with E-state index in [1.165, 1.54) is 0 Å². The molecular weight excluding hydrogens is 468 g/mol. The number of Topliss-reactive ketones (excluding diaryl/α,β-unsaturated/α-hetero) is 1. The number of hydrogen-bond donors (Lipinski definition) is 0. The maximum Gasteiger partial charge on any atom is 0.187 e. The molecule has 0 amide bonds. The first kappa shape index (κ1) is 24.8. The lowest BCUT2D eigenvalue weighted by atomic mass is 9.78. The summed E-state index contributed by atoms with van der Waals surface area (Å²) >= 11 is 0. The Morgan fingerprint density at radius 3 is 1.36 bits per heavy atom. The predicted octanol–water partition coefficient (Wildman–Crippen LogP) is 3.85. The van der Waals surface area contributed by atoms with Crippen molar-refractivity contribution in [2.24, 2.45) is 10.8 Å². The Bertz CT molecular complexity index is 1010. The number of benzene rings is 2. The number of rotatable bonds is 6. The minimum Gasteiger partial charge on any atom is -0.497 e. The fraction of sp³-hybridized carbons (Fsp3) is 0.519. The number of ketones is 1. The first-order chi connectivity index (χ1) is 17.5. The van der Waals surface area contributed by atoms with Crippen molar-refractivity contribution < 1.29 is 42.7 Å². The molecule has 0 atom stereocenters. The van der Waals surface area contributed by atoms with E-state index < -0.39 is 23.4 Å². The molecule has 2 saturated heterocycles. The fourth-order valence-electron chi connectivity index (χ4n) is 5.35. The van der Waals surface area contributed by atoms with Crippen molar-refractivity contribution in [2.75, 3.05) is 54.9 Å². The van der Waals surface area contributed by atoms with Crippen LogP contribution in [0, 0.1) is 10.8 Å². The highest BCUT2D eigenvalue weighted by Crippen LogP contribution is 2.52. The third-order valence-electron chi connectivity index (χ3n) is 7.47. The molecule has 2 heterocycles. The first-order valence-corrected chi connectivity index (χ1v) is 11.9. The summed E-state index contributed by atoms with van der Waals surface area (Å²) in [6.07, 6.45) is 0.00371. The largest absolute Gasteiger partial charge is 0.497 e. The molecular formula is C27H32O9. The van der Waals surface area contributed by atoms with E-state index in [0.717, 1.165) is 11.1 Å². The van der Waals surface area contributed by atoms with Crippen molar-refractivity contribution in [3.8, 4) is 23.0 Å². The smallest absolute Gasteiger partial charge is 0.187 e. The normalized spacial score (nSPS) is 29.9. The molecule has 9 heteroatoms. The van der Waals surface area contributed by atoms with Crippen molar-refractivity contribution in [3.63, 3.8) is 0 Å². The molecule has 1 saturated carbocycles. The minimum absolute atomic E-state index is 0.0714. The molecule has 5 rings (SSSR count). The highest BCUT2D eigenvalue weighted by molar-refractivity contribution is 5.93. The van der Waals surface area contributed by atoms with E-state index in [0.29, 0.717) is 35.8 Å². The maximum absolute atomic E-state index is 13.8. The van der Waals surface area contributed by atoms with Gasteiger partial charge in [0, 0.05) is 0 Å². The van der Waals surface area contributed by atoms with Gasteiger partial charge >= 0.3 is 0 Å². The quantitative estimate of drug-likeness (QED) is 0.587. The number of hydrogen-bond acceptors (Lipinski definition) is 9. The Morgan fingerprint density at radius 1 is 0.639 bits per heavy atom. The fourth-order valence-corrected chi connectivity index (χ4v) is 5.35. The van der Waals surface area contributed by atoms with Gasteiger partial charge < -0.3 is 37.9 Å². The molecule has 3 fully saturated rings. The second-order valence-corrected chi connectivity index (χ2v) is 9.51. The van der Waals surface area contributed by atoms with Gasteiger partial charge in [-0.05, 0) is 49.2 Å². The Kier molecular flexibility index (Phi) is 6.82. The Labute approximate surface area is 210 Å². The highest BCUT2D eigenvalue weighted by Gasteiger charge is 2.60. The van der Waals surface area contributed by atoms with E-state index in [2.05, 4.69) is 0 Å². The lowest BCUT2D eigenvalue weighted by molar-refractivity contribution is -0.241. The average Bonchev–Trinajstić information content (AvgIpc) is 3.19. The van der Waals surface area contributed by atoms with Gasteiger partial charge in [-0.1, -0.05) is 0 Å². The van der Waals surface area contributed by atoms with Crippen LogP contribution in [0.5, 0.6) is 23.0 Å². The predicted molar refractivity (Wildman–Crippen MR) is 127 cm³/mol. The second-order valence-electron chi connectivity index (χ2n) is 9.51. The van der Waals surface area contributed by atoms with Crippen molar-refractivity contribution in [1.82, 2.24) is 0 Å². The van der Waals surface area contributed by atoms with Crippen LogP contribution in [-0.4, -0.2) is 60.6 Å². The lowest BCUT2D eigenvalue weighted by Crippen LogP contribution is -2.50. The van der Waals surface area contributed by atoms with Crippen molar-refractivity contribution in [3.05, 3.63) is 47.5 Å². The van der Waals surface area contributed by atoms with Crippen LogP contribution in [0.1, 0.15) is 36.5 Å². The molecule has 9 nitrogen and oxygen atoms in total. The van der Waals surface area contributed by atoms with Gasteiger partial charge in [0.15, 0.2) is 18.4 Å². The van der Waals surface area contributed by atoms with Crippen LogP contribution in [-0.2, 0) is 23.7 Å². The summed E-state index contributed by atoms with van der Waals surface area (Å²) in [6, 6.07) is 10.9. The van der Waals surface area contributed by atoms with Crippen LogP contribution in [0.15, 0.2) is 36.4 Å². The molecule has 0 unspecified atom stereocenters. The summed E-state index contributed by atoms with van der Waals surface area (Å²) in [6.45, 7) is 1.02. The summed E-state index contributed by atoms with van der Waals surface area (Å²) in [4.78, 5) is 13.8. The number of ether oxygens (including phenoxy) is 8. The summed E-state index contributed by atoms with van der Waals surface area (Å²) < 4.78 is 46.0. The molecule has 2 aliphatic heterocycles. The standard InChI is InChI=1S/C27H32O9/c1-29-17-5-7-21(31-3)19(11-17)23-33-13-26(14-34-23)9-10-27(25(26)28)15-35-24(36-16-27)20-12-18(30-2)6-8-22(20)32-4/h5-8,11-12,23-24H,9-10,13-16H2,1-4H3. The monoisotopic (exact) mass is 500 g/mol. The van der Waals surface area contributed by atoms with E-state index >= 15 is 0 Å². The number of carbonyl (C=O) groups is 1. The molecule has 3 aliphatic rings. The molecule has 2 spiro atoms. The minimum atomic E-state index is -0.726. The summed E-state index contributed by atoms with van der Waals surface area (Å²) in [5.41, 5.74) is 0.00331. The van der Waals surface area contributed by atoms with Crippen molar-refractivity contribution in [1.29, 1.82) is 0 Å². The molecule has 0 bridgehead atoms. The van der Waals surface area contributed by atoms with Crippen LogP contribution < -0.4 is 18.9 Å². The molecule has 0 radical (unpaired) electrons. The van der Waals surface area contributed by atoms with E-state index in [9.17, 15) is 4.79 Å². The van der Waals surface area contributed by atoms with Gasteiger partial charge in [0.1, 0.15) is 23.0 Å². The Balaban J connectivity index is 1.27. The molecule has 2 aromatic carbocycles. The van der Waals surface area contributed by atoms with Gasteiger partial charge in [-0.2, -0.15) is 0 Å². The van der Waals surface area contributed by atoms with Gasteiger partial charge in [-0.25, -0.2) is 0 Å². The molecule has 0 aromatic heterocycles. The highest BCUT2D eigenvalue weighted by atomic mass is 16.7. The Hall–Kier alpha value is -2.85. The average molecular weight is 501 g/mol. The SMILES string of the molecule is COc1ccc(OC)c(C2OCC3(CCC4(COC(c5cc(OC)ccc5OC)OC4)C3=O)CO2)c1. The van der Waals surface area contributed by atoms with E-state index in [1.807, 2.05) is 36.4 Å². The van der Waals surface area contributed by atoms with Gasteiger partial charge in [-0.15, -0.1) is 0 Å². The van der Waals surface area contributed by atoms with Crippen molar-refractivity contribution >= 4 is 5.78 Å². The topological polar surface area (TPSA) is 90.9 Å². The zero-order valence-corrected chi connectivity index (χ0v) is 21.0. The number of methoxy groups -OCH3 is 4. The van der Waals surface area contributed by atoms with Gasteiger partial charge in [0.25, 0.3) is 0 Å². The van der Waals surface area contributed by atoms with Crippen molar-refractivity contribution in [2.45, 2.75) is 25.4 Å². The second kappa shape index (κ2) is 9.89. The van der Waals surface area contributed by atoms with Crippen LogP contribution in [0.3, 0.4) is 0 Å². The molecule has 0 N–H and O–H groups in total. The summed E-state index contributed by atoms with van der Waals surface area (Å²) in [5.74, 6) is 2.70. The molecule has 2 aromatic rings. The van der Waals surface area contributed by atoms with E-state index in [-0.39, 0.29) is 32.2 Å². The third-order valence-corrected chi connectivity index (χ3v) is 7.47. The zero-order valence-electron chi connectivity index (χ0n) is 21.0. The summed E-state index contributed by atoms with van der Waals surface area (Å²) in [7, 11) is 6.39. The number of carbonyl (C=O) groups excluding carboxylic acids is 1. The van der Waals surface area contributed by atoms with Crippen LogP contribution in [0.4, 0.5) is 0 Å². The van der Waals surface area contributed by atoms with Crippen LogP contribution in [0.25, 0.3) is 0 Å². The maximum atomic E-state index is 13.8. The molecule has 194 valence electrons. The third kappa shape index (κ3) is 4.20. The van der Waals surface area contributed by atoms with Crippen LogP contribution in [0.2, 0.25) is 0 Å². The summed E-state index contributed by atoms with van der Waals surface area (Å²) in [5, 5.41) is 0. The van der Waals surface area contributed by atoms with Gasteiger partial charge in [0.05, 0.1) is 76.8 Å². The van der Waals surface area contributed by atoms with Crippen LogP contribution >= 0.6 is 0 Å². The van der Waals surface area contributed by atoms with Gasteiger partial charge in [0.2, 0.25) is 0 Å². The molecule has 1 aliphatic carbocycles. The molecule has 36 heavy (non-hydrogen) atoms. The van der Waals surface area contributed by atoms with E-state index in [1.54, 1.807) is 28.4 Å². The lowest BCUT2D eigenvalue weighted by Gasteiger charge is -2.40. The first-order valence-electron chi connectivity index (χ1n) is 11.9. The zero-order chi connectivity index (χ0) is 25.3. The van der Waals surface area contributed by atoms with Gasteiger partial charge in [-0.3, -0.25) is 4.79 Å².